The van der Waals surface area contributed by atoms with Crippen molar-refractivity contribution in [3.8, 4) is 0 Å². The monoisotopic (exact) mass is 1060 g/mol. The van der Waals surface area contributed by atoms with Crippen LogP contribution in [0.25, 0.3) is 0 Å². The number of rotatable bonds is 65. The number of allylic oxidation sites excluding steroid dienone is 2. The van der Waals surface area contributed by atoms with Gasteiger partial charge in [0.25, 0.3) is 0 Å². The third-order valence-electron chi connectivity index (χ3n) is 16.3. The Hall–Kier alpha value is -1.40. The van der Waals surface area contributed by atoms with Crippen LogP contribution in [0.4, 0.5) is 0 Å². The highest BCUT2D eigenvalue weighted by Crippen LogP contribution is 2.19. The van der Waals surface area contributed by atoms with Crippen LogP contribution in [-0.2, 0) is 14.3 Å². The van der Waals surface area contributed by atoms with Gasteiger partial charge < -0.3 is 20.3 Å². The summed E-state index contributed by atoms with van der Waals surface area (Å²) < 4.78 is 5.49. The van der Waals surface area contributed by atoms with Crippen LogP contribution in [0.5, 0.6) is 0 Å². The average molecular weight is 1060 g/mol. The Morgan fingerprint density at radius 3 is 0.947 bits per heavy atom. The third kappa shape index (κ3) is 61.7. The van der Waals surface area contributed by atoms with Crippen molar-refractivity contribution in [1.82, 2.24) is 5.32 Å². The van der Waals surface area contributed by atoms with Crippen molar-refractivity contribution >= 4 is 11.9 Å². The van der Waals surface area contributed by atoms with E-state index in [1.165, 1.54) is 321 Å². The van der Waals surface area contributed by atoms with Crippen LogP contribution in [-0.4, -0.2) is 47.4 Å². The molecule has 2 atom stereocenters. The molecule has 0 aliphatic rings. The van der Waals surface area contributed by atoms with Crippen molar-refractivity contribution in [3.05, 3.63) is 12.2 Å². The standard InChI is InChI=1S/C69H135NO5/c1-3-5-7-9-11-13-15-17-18-34-38-41-45-49-53-57-61-67(72)66(65-71)70-68(73)62-58-54-50-46-42-39-35-32-30-28-26-24-22-20-19-21-23-25-27-29-31-33-36-40-44-48-52-56-60-64-75-69(74)63-59-55-51-47-43-37-16-14-12-10-8-6-4-2/h19,21,66-67,71-72H,3-18,20,22-65H2,1-2H3,(H,70,73)/b21-19-. The summed E-state index contributed by atoms with van der Waals surface area (Å²) >= 11 is 0. The second kappa shape index (κ2) is 65.1. The molecule has 0 rings (SSSR count). The van der Waals surface area contributed by atoms with Gasteiger partial charge in [-0.2, -0.15) is 0 Å². The van der Waals surface area contributed by atoms with Crippen LogP contribution >= 0.6 is 0 Å². The molecule has 3 N–H and O–H groups in total. The summed E-state index contributed by atoms with van der Waals surface area (Å²) in [5.74, 6) is -0.0118. The SMILES string of the molecule is CCCCCCCCCCCCCCCCCCC(O)C(CO)NC(=O)CCCCCCCCCCCCCCC/C=C\CCCCCCCCCCCCCCOC(=O)CCCCCCCCCCCCCCC. The van der Waals surface area contributed by atoms with Gasteiger partial charge in [0.1, 0.15) is 0 Å². The molecule has 0 aromatic rings. The molecule has 6 heteroatoms. The number of aliphatic hydroxyl groups excluding tert-OH is 2. The maximum atomic E-state index is 12.5. The Labute approximate surface area is 469 Å². The molecule has 0 aliphatic carbocycles. The van der Waals surface area contributed by atoms with E-state index in [4.69, 9.17) is 4.74 Å². The molecule has 0 saturated heterocycles. The molecule has 0 saturated carbocycles. The molecule has 2 unspecified atom stereocenters. The molecular formula is C69H135NO5. The minimum absolute atomic E-state index is 0.0189. The fraction of sp³-hybridized carbons (Fsp3) is 0.942. The van der Waals surface area contributed by atoms with Gasteiger partial charge in [-0.3, -0.25) is 9.59 Å². The Bertz CT molecular complexity index is 1130. The van der Waals surface area contributed by atoms with E-state index >= 15 is 0 Å². The fourth-order valence-corrected chi connectivity index (χ4v) is 11.1. The smallest absolute Gasteiger partial charge is 0.305 e. The van der Waals surface area contributed by atoms with Crippen molar-refractivity contribution < 1.29 is 24.5 Å². The molecule has 0 aromatic heterocycles. The van der Waals surface area contributed by atoms with Crippen LogP contribution < -0.4 is 5.32 Å². The minimum Gasteiger partial charge on any atom is -0.466 e. The molecule has 0 fully saturated rings. The van der Waals surface area contributed by atoms with E-state index in [1.807, 2.05) is 0 Å². The lowest BCUT2D eigenvalue weighted by atomic mass is 10.0. The molecule has 0 bridgehead atoms. The van der Waals surface area contributed by atoms with E-state index in [0.29, 0.717) is 25.9 Å². The number of carbonyl (C=O) groups excluding carboxylic acids is 2. The summed E-state index contributed by atoms with van der Waals surface area (Å²) in [5, 5.41) is 23.3. The maximum Gasteiger partial charge on any atom is 0.305 e. The Morgan fingerprint density at radius 2 is 0.627 bits per heavy atom. The third-order valence-corrected chi connectivity index (χ3v) is 16.3. The summed E-state index contributed by atoms with van der Waals surface area (Å²) in [6.45, 7) is 4.99. The first-order valence-corrected chi connectivity index (χ1v) is 34.4. The van der Waals surface area contributed by atoms with Crippen molar-refractivity contribution in [2.45, 2.75) is 405 Å². The van der Waals surface area contributed by atoms with E-state index in [1.54, 1.807) is 0 Å². The quantitative estimate of drug-likeness (QED) is 0.0320. The van der Waals surface area contributed by atoms with Crippen LogP contribution in [0.1, 0.15) is 393 Å². The molecule has 1 amide bonds. The maximum absolute atomic E-state index is 12.5. The van der Waals surface area contributed by atoms with Gasteiger partial charge >= 0.3 is 5.97 Å². The summed E-state index contributed by atoms with van der Waals surface area (Å²) in [6, 6.07) is -0.540. The van der Waals surface area contributed by atoms with Crippen LogP contribution in [0.15, 0.2) is 12.2 Å². The van der Waals surface area contributed by atoms with Crippen molar-refractivity contribution in [3.63, 3.8) is 0 Å². The number of amides is 1. The number of esters is 1. The number of hydrogen-bond acceptors (Lipinski definition) is 5. The highest BCUT2D eigenvalue weighted by molar-refractivity contribution is 5.76. The second-order valence-electron chi connectivity index (χ2n) is 23.9. The molecule has 0 radical (unpaired) electrons. The summed E-state index contributed by atoms with van der Waals surface area (Å²) in [7, 11) is 0. The first-order chi connectivity index (χ1) is 37.0. The first-order valence-electron chi connectivity index (χ1n) is 34.4. The Balaban J connectivity index is 3.36. The Kier molecular flexibility index (Phi) is 63.9. The molecule has 0 spiro atoms. The zero-order valence-electron chi connectivity index (χ0n) is 51.1. The minimum atomic E-state index is -0.663. The van der Waals surface area contributed by atoms with Crippen molar-refractivity contribution in [2.75, 3.05) is 13.2 Å². The van der Waals surface area contributed by atoms with Gasteiger partial charge in [0.15, 0.2) is 0 Å². The summed E-state index contributed by atoms with van der Waals surface area (Å²) in [4.78, 5) is 24.6. The molecule has 6 nitrogen and oxygen atoms in total. The highest BCUT2D eigenvalue weighted by Gasteiger charge is 2.20. The van der Waals surface area contributed by atoms with Crippen LogP contribution in [0, 0.1) is 0 Å². The lowest BCUT2D eigenvalue weighted by molar-refractivity contribution is -0.143. The van der Waals surface area contributed by atoms with E-state index in [9.17, 15) is 19.8 Å². The topological polar surface area (TPSA) is 95.9 Å². The van der Waals surface area contributed by atoms with Gasteiger partial charge in [-0.15, -0.1) is 0 Å². The largest absolute Gasteiger partial charge is 0.466 e. The number of ether oxygens (including phenoxy) is 1. The number of unbranched alkanes of at least 4 members (excludes halogenated alkanes) is 52. The lowest BCUT2D eigenvalue weighted by Gasteiger charge is -2.22. The zero-order chi connectivity index (χ0) is 54.3. The molecule has 0 aliphatic heterocycles. The molecule has 0 heterocycles. The van der Waals surface area contributed by atoms with E-state index in [-0.39, 0.29) is 18.5 Å². The Morgan fingerprint density at radius 1 is 0.360 bits per heavy atom. The van der Waals surface area contributed by atoms with E-state index in [0.717, 1.165) is 38.5 Å². The molecular weight excluding hydrogens is 923 g/mol. The first kappa shape index (κ1) is 73.6. The predicted octanol–water partition coefficient (Wildman–Crippen LogP) is 22.0. The zero-order valence-corrected chi connectivity index (χ0v) is 51.1. The van der Waals surface area contributed by atoms with E-state index in [2.05, 4.69) is 31.3 Å². The van der Waals surface area contributed by atoms with Crippen molar-refractivity contribution in [1.29, 1.82) is 0 Å². The molecule has 446 valence electrons. The summed E-state index contributed by atoms with van der Waals surface area (Å²) in [5.41, 5.74) is 0. The summed E-state index contributed by atoms with van der Waals surface area (Å²) in [6.07, 6.45) is 79.7. The van der Waals surface area contributed by atoms with Crippen LogP contribution in [0.2, 0.25) is 0 Å². The predicted molar refractivity (Wildman–Crippen MR) is 329 cm³/mol. The van der Waals surface area contributed by atoms with Gasteiger partial charge in [0.05, 0.1) is 25.4 Å². The van der Waals surface area contributed by atoms with Gasteiger partial charge in [0, 0.05) is 12.8 Å². The average Bonchev–Trinajstić information content (AvgIpc) is 3.41. The van der Waals surface area contributed by atoms with E-state index < -0.39 is 12.1 Å². The normalized spacial score (nSPS) is 12.5. The second-order valence-corrected chi connectivity index (χ2v) is 23.9. The van der Waals surface area contributed by atoms with Gasteiger partial charge in [-0.05, 0) is 51.4 Å². The van der Waals surface area contributed by atoms with Gasteiger partial charge in [0.2, 0.25) is 5.91 Å². The number of carbonyl (C=O) groups is 2. The fourth-order valence-electron chi connectivity index (χ4n) is 11.1. The molecule has 75 heavy (non-hydrogen) atoms. The highest BCUT2D eigenvalue weighted by atomic mass is 16.5. The van der Waals surface area contributed by atoms with Crippen LogP contribution in [0.3, 0.4) is 0 Å². The number of hydrogen-bond donors (Lipinski definition) is 3. The van der Waals surface area contributed by atoms with Gasteiger partial charge in [-0.1, -0.05) is 341 Å². The van der Waals surface area contributed by atoms with Crippen molar-refractivity contribution in [2.24, 2.45) is 0 Å². The molecule has 0 aromatic carbocycles. The lowest BCUT2D eigenvalue weighted by Crippen LogP contribution is -2.45. The number of nitrogens with one attached hydrogen (secondary N) is 1. The number of aliphatic hydroxyl groups is 2. The van der Waals surface area contributed by atoms with Gasteiger partial charge in [-0.25, -0.2) is 0 Å².